The highest BCUT2D eigenvalue weighted by molar-refractivity contribution is 9.10. The summed E-state index contributed by atoms with van der Waals surface area (Å²) in [6.07, 6.45) is 0.378. The second kappa shape index (κ2) is 7.51. The van der Waals surface area contributed by atoms with E-state index in [0.29, 0.717) is 35.0 Å². The molecule has 0 aliphatic rings. The van der Waals surface area contributed by atoms with E-state index in [1.165, 1.54) is 23.4 Å². The second-order valence-corrected chi connectivity index (χ2v) is 7.72. The standard InChI is InChI=1S/C17H16BrN5O2S/c1-21-14-13(15(24)22(2)17(21)25)23(16(20-14)26-9-3-8-19)10-11-4-6-12(18)7-5-11/h4-7H,3,9-10H2,1-2H3. The monoisotopic (exact) mass is 433 g/mol. The zero-order valence-corrected chi connectivity index (χ0v) is 16.7. The van der Waals surface area contributed by atoms with Crippen molar-refractivity contribution in [3.05, 3.63) is 55.1 Å². The zero-order valence-electron chi connectivity index (χ0n) is 14.3. The summed E-state index contributed by atoms with van der Waals surface area (Å²) in [5.74, 6) is 0.564. The number of rotatable bonds is 5. The Morgan fingerprint density at radius 1 is 1.19 bits per heavy atom. The van der Waals surface area contributed by atoms with Gasteiger partial charge in [0.2, 0.25) is 0 Å². The molecule has 0 amide bonds. The van der Waals surface area contributed by atoms with Crippen molar-refractivity contribution in [1.29, 1.82) is 5.26 Å². The van der Waals surface area contributed by atoms with Gasteiger partial charge in [0.15, 0.2) is 16.3 Å². The molecule has 3 aromatic rings. The molecular formula is C17H16BrN5O2S. The fraction of sp³-hybridized carbons (Fsp3) is 0.294. The van der Waals surface area contributed by atoms with Gasteiger partial charge >= 0.3 is 5.69 Å². The van der Waals surface area contributed by atoms with Crippen LogP contribution in [0.1, 0.15) is 12.0 Å². The number of thioether (sulfide) groups is 1. The summed E-state index contributed by atoms with van der Waals surface area (Å²) in [5.41, 5.74) is 0.960. The molecule has 0 N–H and O–H groups in total. The van der Waals surface area contributed by atoms with Crippen LogP contribution in [0.2, 0.25) is 0 Å². The molecule has 0 spiro atoms. The van der Waals surface area contributed by atoms with Crippen molar-refractivity contribution in [2.45, 2.75) is 18.1 Å². The van der Waals surface area contributed by atoms with E-state index in [2.05, 4.69) is 27.0 Å². The maximum Gasteiger partial charge on any atom is 0.332 e. The second-order valence-electron chi connectivity index (χ2n) is 5.74. The Morgan fingerprint density at radius 2 is 1.88 bits per heavy atom. The van der Waals surface area contributed by atoms with E-state index in [1.807, 2.05) is 28.8 Å². The number of hydrogen-bond donors (Lipinski definition) is 0. The van der Waals surface area contributed by atoms with Crippen LogP contribution in [0.5, 0.6) is 0 Å². The van der Waals surface area contributed by atoms with Gasteiger partial charge in [0.25, 0.3) is 5.56 Å². The predicted octanol–water partition coefficient (Wildman–Crippen LogP) is 2.25. The molecule has 0 aliphatic heterocycles. The molecule has 2 heterocycles. The Balaban J connectivity index is 2.20. The fourth-order valence-electron chi connectivity index (χ4n) is 2.64. The van der Waals surface area contributed by atoms with E-state index in [4.69, 9.17) is 5.26 Å². The van der Waals surface area contributed by atoms with Gasteiger partial charge in [-0.25, -0.2) is 9.78 Å². The predicted molar refractivity (Wildman–Crippen MR) is 104 cm³/mol. The van der Waals surface area contributed by atoms with Gasteiger partial charge in [-0.05, 0) is 17.7 Å². The summed E-state index contributed by atoms with van der Waals surface area (Å²) < 4.78 is 5.26. The van der Waals surface area contributed by atoms with E-state index >= 15 is 0 Å². The Hall–Kier alpha value is -2.31. The van der Waals surface area contributed by atoms with Gasteiger partial charge in [-0.2, -0.15) is 5.26 Å². The van der Waals surface area contributed by atoms with Crippen LogP contribution in [0.15, 0.2) is 43.5 Å². The SMILES string of the molecule is Cn1c(=O)c2c(nc(SCCC#N)n2Cc2ccc(Br)cc2)n(C)c1=O. The molecule has 26 heavy (non-hydrogen) atoms. The highest BCUT2D eigenvalue weighted by atomic mass is 79.9. The minimum absolute atomic E-state index is 0.356. The van der Waals surface area contributed by atoms with Crippen LogP contribution in [0.25, 0.3) is 11.2 Å². The molecule has 0 radical (unpaired) electrons. The first kappa shape index (κ1) is 18.5. The van der Waals surface area contributed by atoms with Crippen LogP contribution < -0.4 is 11.2 Å². The Bertz CT molecular complexity index is 1120. The minimum atomic E-state index is -0.413. The van der Waals surface area contributed by atoms with E-state index in [-0.39, 0.29) is 5.56 Å². The molecule has 3 rings (SSSR count). The number of hydrogen-bond acceptors (Lipinski definition) is 5. The summed E-state index contributed by atoms with van der Waals surface area (Å²) >= 11 is 4.82. The van der Waals surface area contributed by atoms with E-state index in [0.717, 1.165) is 14.6 Å². The summed E-state index contributed by atoms with van der Waals surface area (Å²) in [5, 5.41) is 9.40. The van der Waals surface area contributed by atoms with Gasteiger partial charge in [-0.15, -0.1) is 0 Å². The van der Waals surface area contributed by atoms with E-state index in [1.54, 1.807) is 7.05 Å². The van der Waals surface area contributed by atoms with Crippen molar-refractivity contribution < 1.29 is 0 Å². The van der Waals surface area contributed by atoms with E-state index < -0.39 is 5.69 Å². The van der Waals surface area contributed by atoms with Crippen molar-refractivity contribution >= 4 is 38.9 Å². The number of aryl methyl sites for hydroxylation is 1. The molecular weight excluding hydrogens is 418 g/mol. The van der Waals surface area contributed by atoms with Gasteiger partial charge in [0.1, 0.15) is 0 Å². The molecule has 0 aliphatic carbocycles. The zero-order chi connectivity index (χ0) is 18.8. The van der Waals surface area contributed by atoms with Crippen molar-refractivity contribution in [3.63, 3.8) is 0 Å². The molecule has 0 unspecified atom stereocenters. The minimum Gasteiger partial charge on any atom is -0.309 e. The quantitative estimate of drug-likeness (QED) is 0.454. The van der Waals surface area contributed by atoms with Gasteiger partial charge in [0, 0.05) is 30.7 Å². The van der Waals surface area contributed by atoms with Crippen LogP contribution in [0, 0.1) is 11.3 Å². The third-order valence-electron chi connectivity index (χ3n) is 4.01. The summed E-state index contributed by atoms with van der Waals surface area (Å²) in [7, 11) is 3.06. The number of halogens is 1. The van der Waals surface area contributed by atoms with Crippen molar-refractivity contribution in [3.8, 4) is 6.07 Å². The van der Waals surface area contributed by atoms with Crippen LogP contribution in [0.4, 0.5) is 0 Å². The average molecular weight is 434 g/mol. The normalized spacial score (nSPS) is 11.0. The molecule has 2 aromatic heterocycles. The molecule has 0 saturated carbocycles. The first-order valence-corrected chi connectivity index (χ1v) is 9.62. The largest absolute Gasteiger partial charge is 0.332 e. The maximum atomic E-state index is 12.7. The van der Waals surface area contributed by atoms with Gasteiger partial charge in [0.05, 0.1) is 12.6 Å². The number of nitriles is 1. The number of imidazole rings is 1. The molecule has 7 nitrogen and oxygen atoms in total. The van der Waals surface area contributed by atoms with Gasteiger partial charge < -0.3 is 4.57 Å². The Labute approximate surface area is 162 Å². The lowest BCUT2D eigenvalue weighted by Gasteiger charge is -2.09. The lowest BCUT2D eigenvalue weighted by molar-refractivity contribution is 0.696. The smallest absolute Gasteiger partial charge is 0.309 e. The molecule has 0 atom stereocenters. The Kier molecular flexibility index (Phi) is 5.34. The first-order chi connectivity index (χ1) is 12.4. The topological polar surface area (TPSA) is 85.6 Å². The molecule has 0 fully saturated rings. The van der Waals surface area contributed by atoms with Gasteiger partial charge in [-0.1, -0.05) is 39.8 Å². The number of nitrogens with zero attached hydrogens (tertiary/aromatic N) is 5. The van der Waals surface area contributed by atoms with Crippen molar-refractivity contribution in [1.82, 2.24) is 18.7 Å². The average Bonchev–Trinajstić information content (AvgIpc) is 2.99. The van der Waals surface area contributed by atoms with E-state index in [9.17, 15) is 9.59 Å². The van der Waals surface area contributed by atoms with Crippen LogP contribution in [-0.2, 0) is 20.6 Å². The highest BCUT2D eigenvalue weighted by Gasteiger charge is 2.19. The summed E-state index contributed by atoms with van der Waals surface area (Å²) in [4.78, 5) is 29.4. The molecule has 0 bridgehead atoms. The molecule has 1 aromatic carbocycles. The summed E-state index contributed by atoms with van der Waals surface area (Å²) in [6.45, 7) is 0.451. The Morgan fingerprint density at radius 3 is 2.54 bits per heavy atom. The molecule has 9 heteroatoms. The lowest BCUT2D eigenvalue weighted by atomic mass is 10.2. The van der Waals surface area contributed by atoms with Crippen molar-refractivity contribution in [2.75, 3.05) is 5.75 Å². The van der Waals surface area contributed by atoms with Gasteiger partial charge in [-0.3, -0.25) is 13.9 Å². The van der Waals surface area contributed by atoms with Crippen LogP contribution >= 0.6 is 27.7 Å². The lowest BCUT2D eigenvalue weighted by Crippen LogP contribution is -2.37. The summed E-state index contributed by atoms with van der Waals surface area (Å²) in [6, 6.07) is 9.90. The first-order valence-electron chi connectivity index (χ1n) is 7.84. The number of fused-ring (bicyclic) bond motifs is 1. The fourth-order valence-corrected chi connectivity index (χ4v) is 3.75. The third-order valence-corrected chi connectivity index (χ3v) is 5.52. The third kappa shape index (κ3) is 3.34. The number of benzene rings is 1. The highest BCUT2D eigenvalue weighted by Crippen LogP contribution is 2.24. The van der Waals surface area contributed by atoms with Crippen LogP contribution in [0.3, 0.4) is 0 Å². The number of aromatic nitrogens is 4. The molecule has 0 saturated heterocycles. The van der Waals surface area contributed by atoms with Crippen LogP contribution in [-0.4, -0.2) is 24.4 Å². The molecule has 134 valence electrons. The van der Waals surface area contributed by atoms with Crippen molar-refractivity contribution in [2.24, 2.45) is 14.1 Å². The maximum absolute atomic E-state index is 12.7.